The van der Waals surface area contributed by atoms with Gasteiger partial charge in [0, 0.05) is 22.6 Å². The Labute approximate surface area is 134 Å². The molecule has 0 aliphatic rings. The fraction of sp³-hybridized carbons (Fsp3) is 0.235. The minimum atomic E-state index is -0.0283. The topological polar surface area (TPSA) is 29.1 Å². The Morgan fingerprint density at radius 2 is 1.76 bits per heavy atom. The normalized spacial score (nSPS) is 12.0. The third-order valence-electron chi connectivity index (χ3n) is 3.09. The lowest BCUT2D eigenvalue weighted by Gasteiger charge is -2.18. The average Bonchev–Trinajstić information content (AvgIpc) is 2.46. The van der Waals surface area contributed by atoms with E-state index in [2.05, 4.69) is 36.5 Å². The van der Waals surface area contributed by atoms with E-state index >= 15 is 0 Å². The van der Waals surface area contributed by atoms with Gasteiger partial charge < -0.3 is 5.32 Å². The molecule has 0 radical (unpaired) electrons. The molecule has 0 aromatic heterocycles. The van der Waals surface area contributed by atoms with Crippen molar-refractivity contribution in [3.05, 3.63) is 64.7 Å². The quantitative estimate of drug-likeness (QED) is 0.815. The molecule has 0 heterocycles. The van der Waals surface area contributed by atoms with Crippen molar-refractivity contribution in [3.8, 4) is 0 Å². The summed E-state index contributed by atoms with van der Waals surface area (Å²) in [5.74, 6) is 0.754. The van der Waals surface area contributed by atoms with Crippen LogP contribution in [0.4, 0.5) is 0 Å². The van der Waals surface area contributed by atoms with Crippen LogP contribution in [0, 0.1) is 6.92 Å². The number of nitrogens with one attached hydrogen (secondary N) is 1. The Balaban J connectivity index is 2.07. The van der Waals surface area contributed by atoms with Gasteiger partial charge in [-0.1, -0.05) is 41.4 Å². The summed E-state index contributed by atoms with van der Waals surface area (Å²) in [5, 5.41) is 3.69. The zero-order valence-electron chi connectivity index (χ0n) is 12.1. The molecule has 1 atom stereocenters. The molecule has 2 aromatic rings. The fourth-order valence-corrected chi connectivity index (χ4v) is 3.07. The van der Waals surface area contributed by atoms with Gasteiger partial charge in [0.25, 0.3) is 0 Å². The Morgan fingerprint density at radius 3 is 2.33 bits per heavy atom. The Bertz CT molecular complexity index is 595. The van der Waals surface area contributed by atoms with Crippen LogP contribution in [0.3, 0.4) is 0 Å². The van der Waals surface area contributed by atoms with E-state index in [1.165, 1.54) is 10.5 Å². The highest BCUT2D eigenvalue weighted by Crippen LogP contribution is 2.26. The van der Waals surface area contributed by atoms with E-state index in [1.54, 1.807) is 18.7 Å². The summed E-state index contributed by atoms with van der Waals surface area (Å²) in [6.45, 7) is 3.61. The van der Waals surface area contributed by atoms with E-state index in [0.717, 1.165) is 11.3 Å². The number of carbonyl (C=O) groups excluding carboxylic acids is 1. The van der Waals surface area contributed by atoms with Crippen LogP contribution in [0.5, 0.6) is 0 Å². The Morgan fingerprint density at radius 1 is 1.14 bits per heavy atom. The molecule has 1 N–H and O–H groups in total. The maximum Gasteiger partial charge on any atom is 0.217 e. The molecule has 0 fully saturated rings. The number of rotatable bonds is 5. The molecule has 0 spiro atoms. The predicted octanol–water partition coefficient (Wildman–Crippen LogP) is 4.62. The van der Waals surface area contributed by atoms with Gasteiger partial charge >= 0.3 is 0 Å². The first-order chi connectivity index (χ1) is 10.0. The van der Waals surface area contributed by atoms with Crippen LogP contribution in [-0.2, 0) is 4.79 Å². The SMILES string of the molecule is CC(=O)NC(CSc1ccc(C)cc1)c1ccc(Cl)cc1. The van der Waals surface area contributed by atoms with E-state index < -0.39 is 0 Å². The van der Waals surface area contributed by atoms with Gasteiger partial charge in [0.2, 0.25) is 5.91 Å². The number of thioether (sulfide) groups is 1. The summed E-state index contributed by atoms with van der Waals surface area (Å²) in [6.07, 6.45) is 0. The van der Waals surface area contributed by atoms with Crippen molar-refractivity contribution in [2.24, 2.45) is 0 Å². The van der Waals surface area contributed by atoms with Crippen LogP contribution in [0.15, 0.2) is 53.4 Å². The summed E-state index contributed by atoms with van der Waals surface area (Å²) in [7, 11) is 0. The van der Waals surface area contributed by atoms with Crippen LogP contribution in [0.25, 0.3) is 0 Å². The predicted molar refractivity (Wildman–Crippen MR) is 89.9 cm³/mol. The molecule has 0 saturated carbocycles. The van der Waals surface area contributed by atoms with E-state index in [9.17, 15) is 4.79 Å². The maximum absolute atomic E-state index is 11.4. The van der Waals surface area contributed by atoms with Gasteiger partial charge in [0.05, 0.1) is 6.04 Å². The standard InChI is InChI=1S/C17H18ClNOS/c1-12-3-9-16(10-4-12)21-11-17(19-13(2)20)14-5-7-15(18)8-6-14/h3-10,17H,11H2,1-2H3,(H,19,20). The number of hydrogen-bond donors (Lipinski definition) is 1. The molecular formula is C17H18ClNOS. The zero-order chi connectivity index (χ0) is 15.2. The smallest absolute Gasteiger partial charge is 0.217 e. The van der Waals surface area contributed by atoms with Crippen LogP contribution in [0.1, 0.15) is 24.1 Å². The molecule has 0 aliphatic carbocycles. The molecule has 21 heavy (non-hydrogen) atoms. The summed E-state index contributed by atoms with van der Waals surface area (Å²) in [4.78, 5) is 12.6. The molecule has 0 aliphatic heterocycles. The monoisotopic (exact) mass is 319 g/mol. The molecule has 2 rings (SSSR count). The highest BCUT2D eigenvalue weighted by Gasteiger charge is 2.13. The molecule has 0 bridgehead atoms. The molecule has 0 saturated heterocycles. The van der Waals surface area contributed by atoms with Gasteiger partial charge in [0.1, 0.15) is 0 Å². The summed E-state index contributed by atoms with van der Waals surface area (Å²) in [5.41, 5.74) is 2.31. The molecule has 2 nitrogen and oxygen atoms in total. The number of amides is 1. The second kappa shape index (κ2) is 7.53. The van der Waals surface area contributed by atoms with Crippen molar-refractivity contribution in [2.45, 2.75) is 24.8 Å². The lowest BCUT2D eigenvalue weighted by atomic mass is 10.1. The Kier molecular flexibility index (Phi) is 5.71. The fourth-order valence-electron chi connectivity index (χ4n) is 1.98. The van der Waals surface area contributed by atoms with Crippen LogP contribution in [0.2, 0.25) is 5.02 Å². The second-order valence-electron chi connectivity index (χ2n) is 4.93. The van der Waals surface area contributed by atoms with E-state index in [-0.39, 0.29) is 11.9 Å². The average molecular weight is 320 g/mol. The number of halogens is 1. The van der Waals surface area contributed by atoms with Gasteiger partial charge in [-0.05, 0) is 36.8 Å². The lowest BCUT2D eigenvalue weighted by Crippen LogP contribution is -2.27. The van der Waals surface area contributed by atoms with Gasteiger partial charge in [-0.15, -0.1) is 11.8 Å². The largest absolute Gasteiger partial charge is 0.349 e. The van der Waals surface area contributed by atoms with Crippen molar-refractivity contribution in [1.29, 1.82) is 0 Å². The summed E-state index contributed by atoms with van der Waals surface area (Å²) >= 11 is 7.65. The second-order valence-corrected chi connectivity index (χ2v) is 6.46. The van der Waals surface area contributed by atoms with Crippen LogP contribution < -0.4 is 5.32 Å². The third-order valence-corrected chi connectivity index (χ3v) is 4.44. The number of hydrogen-bond acceptors (Lipinski definition) is 2. The first-order valence-electron chi connectivity index (χ1n) is 6.76. The van der Waals surface area contributed by atoms with Crippen molar-refractivity contribution >= 4 is 29.3 Å². The van der Waals surface area contributed by atoms with Crippen molar-refractivity contribution < 1.29 is 4.79 Å². The molecule has 110 valence electrons. The first kappa shape index (κ1) is 15.9. The van der Waals surface area contributed by atoms with Crippen molar-refractivity contribution in [2.75, 3.05) is 5.75 Å². The molecule has 1 unspecified atom stereocenters. The minimum absolute atomic E-state index is 0.0222. The molecular weight excluding hydrogens is 302 g/mol. The first-order valence-corrected chi connectivity index (χ1v) is 8.13. The molecule has 2 aromatic carbocycles. The Hall–Kier alpha value is -1.45. The maximum atomic E-state index is 11.4. The molecule has 1 amide bonds. The summed E-state index contributed by atoms with van der Waals surface area (Å²) in [6, 6.07) is 16.0. The number of benzene rings is 2. The third kappa shape index (κ3) is 5.10. The van der Waals surface area contributed by atoms with Gasteiger partial charge in [-0.25, -0.2) is 0 Å². The summed E-state index contributed by atoms with van der Waals surface area (Å²) < 4.78 is 0. The van der Waals surface area contributed by atoms with Crippen molar-refractivity contribution in [1.82, 2.24) is 5.32 Å². The minimum Gasteiger partial charge on any atom is -0.349 e. The van der Waals surface area contributed by atoms with E-state index in [4.69, 9.17) is 11.6 Å². The van der Waals surface area contributed by atoms with Gasteiger partial charge in [-0.2, -0.15) is 0 Å². The lowest BCUT2D eigenvalue weighted by molar-refractivity contribution is -0.119. The van der Waals surface area contributed by atoms with Crippen LogP contribution in [-0.4, -0.2) is 11.7 Å². The highest BCUT2D eigenvalue weighted by molar-refractivity contribution is 7.99. The van der Waals surface area contributed by atoms with E-state index in [0.29, 0.717) is 5.02 Å². The van der Waals surface area contributed by atoms with Gasteiger partial charge in [0.15, 0.2) is 0 Å². The van der Waals surface area contributed by atoms with Crippen LogP contribution >= 0.6 is 23.4 Å². The zero-order valence-corrected chi connectivity index (χ0v) is 13.7. The van der Waals surface area contributed by atoms with Crippen molar-refractivity contribution in [3.63, 3.8) is 0 Å². The van der Waals surface area contributed by atoms with Gasteiger partial charge in [-0.3, -0.25) is 4.79 Å². The number of aryl methyl sites for hydroxylation is 1. The number of carbonyl (C=O) groups is 1. The highest BCUT2D eigenvalue weighted by atomic mass is 35.5. The molecule has 4 heteroatoms. The van der Waals surface area contributed by atoms with E-state index in [1.807, 2.05) is 24.3 Å².